The van der Waals surface area contributed by atoms with Gasteiger partial charge in [-0.15, -0.1) is 0 Å². The maximum atomic E-state index is 13.7. The van der Waals surface area contributed by atoms with Gasteiger partial charge in [-0.25, -0.2) is 4.79 Å². The van der Waals surface area contributed by atoms with Crippen LogP contribution in [0.25, 0.3) is 0 Å². The van der Waals surface area contributed by atoms with Gasteiger partial charge in [-0.3, -0.25) is 4.79 Å². The minimum atomic E-state index is -0.545. The number of Topliss-reactive ketones (excluding diaryl/α,β-unsaturated/α-hetero) is 1. The summed E-state index contributed by atoms with van der Waals surface area (Å²) in [5, 5.41) is 4.05. The van der Waals surface area contributed by atoms with E-state index in [-0.39, 0.29) is 24.6 Å². The smallest absolute Gasteiger partial charge is 0.337 e. The quantitative estimate of drug-likeness (QED) is 0.533. The number of dihydropyridines is 1. The van der Waals surface area contributed by atoms with E-state index >= 15 is 0 Å². The standard InChI is InChI=1S/C28H28ClNO5/c1-4-15(2)35-28(32)25-16(3)30-21-11-19(17-5-8-20(29)9-6-17)12-22(31)27(21)26(25)18-7-10-23-24(13-18)34-14-33-23/h5-10,13,15,19,26,30H,4,11-12,14H2,1-3H3/t15-,19+,26+/m1/s1. The Bertz CT molecular complexity index is 1250. The van der Waals surface area contributed by atoms with Gasteiger partial charge in [0.1, 0.15) is 0 Å². The van der Waals surface area contributed by atoms with Crippen LogP contribution < -0.4 is 14.8 Å². The normalized spacial score (nSPS) is 22.0. The molecule has 0 aromatic heterocycles. The van der Waals surface area contributed by atoms with Crippen molar-refractivity contribution in [3.63, 3.8) is 0 Å². The summed E-state index contributed by atoms with van der Waals surface area (Å²) in [5.41, 5.74) is 4.50. The number of benzene rings is 2. The molecule has 0 amide bonds. The Balaban J connectivity index is 1.58. The molecule has 6 nitrogen and oxygen atoms in total. The molecule has 0 spiro atoms. The predicted octanol–water partition coefficient (Wildman–Crippen LogP) is 5.77. The molecule has 7 heteroatoms. The lowest BCUT2D eigenvalue weighted by atomic mass is 9.71. The Morgan fingerprint density at radius 1 is 1.11 bits per heavy atom. The van der Waals surface area contributed by atoms with Crippen LogP contribution in [-0.2, 0) is 14.3 Å². The number of ketones is 1. The molecule has 1 N–H and O–H groups in total. The molecular formula is C28H28ClNO5. The van der Waals surface area contributed by atoms with Crippen LogP contribution in [-0.4, -0.2) is 24.6 Å². The molecule has 2 aromatic carbocycles. The van der Waals surface area contributed by atoms with Crippen molar-refractivity contribution in [2.24, 2.45) is 0 Å². The number of hydrogen-bond acceptors (Lipinski definition) is 6. The summed E-state index contributed by atoms with van der Waals surface area (Å²) in [6.07, 6.45) is 1.49. The zero-order valence-corrected chi connectivity index (χ0v) is 20.8. The van der Waals surface area contributed by atoms with Crippen LogP contribution in [0.3, 0.4) is 0 Å². The second-order valence-corrected chi connectivity index (χ2v) is 9.74. The van der Waals surface area contributed by atoms with E-state index in [1.54, 1.807) is 0 Å². The molecule has 35 heavy (non-hydrogen) atoms. The highest BCUT2D eigenvalue weighted by atomic mass is 35.5. The van der Waals surface area contributed by atoms with Gasteiger partial charge >= 0.3 is 5.97 Å². The number of hydrogen-bond donors (Lipinski definition) is 1. The predicted molar refractivity (Wildman–Crippen MR) is 132 cm³/mol. The molecule has 0 unspecified atom stereocenters. The number of carbonyl (C=O) groups is 2. The molecule has 2 heterocycles. The largest absolute Gasteiger partial charge is 0.459 e. The summed E-state index contributed by atoms with van der Waals surface area (Å²) in [6, 6.07) is 13.2. The van der Waals surface area contributed by atoms with Crippen LogP contribution >= 0.6 is 11.6 Å². The van der Waals surface area contributed by atoms with Crippen molar-refractivity contribution in [1.82, 2.24) is 5.32 Å². The molecule has 0 bridgehead atoms. The summed E-state index contributed by atoms with van der Waals surface area (Å²) >= 11 is 6.07. The van der Waals surface area contributed by atoms with Crippen molar-refractivity contribution in [3.8, 4) is 11.5 Å². The first-order valence-corrected chi connectivity index (χ1v) is 12.3. The van der Waals surface area contributed by atoms with Gasteiger partial charge in [0, 0.05) is 34.3 Å². The van der Waals surface area contributed by atoms with Crippen LogP contribution in [0.1, 0.15) is 63.0 Å². The fourth-order valence-corrected chi connectivity index (χ4v) is 5.16. The fourth-order valence-electron chi connectivity index (χ4n) is 5.04. The summed E-state index contributed by atoms with van der Waals surface area (Å²) in [7, 11) is 0. The van der Waals surface area contributed by atoms with E-state index in [9.17, 15) is 9.59 Å². The highest BCUT2D eigenvalue weighted by Crippen LogP contribution is 2.47. The number of carbonyl (C=O) groups excluding carboxylic acids is 2. The summed E-state index contributed by atoms with van der Waals surface area (Å²) < 4.78 is 16.8. The zero-order valence-electron chi connectivity index (χ0n) is 20.0. The third-order valence-corrected chi connectivity index (χ3v) is 7.25. The fraction of sp³-hybridized carbons (Fsp3) is 0.357. The van der Waals surface area contributed by atoms with Crippen LogP contribution in [0.4, 0.5) is 0 Å². The van der Waals surface area contributed by atoms with Crippen molar-refractivity contribution in [2.75, 3.05) is 6.79 Å². The summed E-state index contributed by atoms with van der Waals surface area (Å²) in [6.45, 7) is 5.86. The second-order valence-electron chi connectivity index (χ2n) is 9.31. The van der Waals surface area contributed by atoms with Gasteiger partial charge in [0.25, 0.3) is 0 Å². The number of allylic oxidation sites excluding steroid dienone is 3. The van der Waals surface area contributed by atoms with E-state index in [4.69, 9.17) is 25.8 Å². The average molecular weight is 494 g/mol. The zero-order chi connectivity index (χ0) is 24.7. The molecule has 0 saturated heterocycles. The molecule has 1 aliphatic carbocycles. The van der Waals surface area contributed by atoms with Crippen molar-refractivity contribution in [3.05, 3.63) is 81.2 Å². The van der Waals surface area contributed by atoms with Crippen LogP contribution in [0, 0.1) is 0 Å². The van der Waals surface area contributed by atoms with Gasteiger partial charge < -0.3 is 19.5 Å². The van der Waals surface area contributed by atoms with Crippen molar-refractivity contribution in [1.29, 1.82) is 0 Å². The molecule has 182 valence electrons. The van der Waals surface area contributed by atoms with E-state index in [0.717, 1.165) is 16.8 Å². The molecular weight excluding hydrogens is 466 g/mol. The molecule has 2 aliphatic heterocycles. The number of nitrogens with one attached hydrogen (secondary N) is 1. The first-order chi connectivity index (χ1) is 16.9. The number of esters is 1. The van der Waals surface area contributed by atoms with Crippen molar-refractivity contribution < 1.29 is 23.8 Å². The van der Waals surface area contributed by atoms with Gasteiger partial charge in [0.05, 0.1) is 11.7 Å². The SMILES string of the molecule is CC[C@@H](C)OC(=O)C1=C(C)NC2=C(C(=O)C[C@@H](c3ccc(Cl)cc3)C2)[C@H]1c1ccc2c(c1)OCO2. The van der Waals surface area contributed by atoms with Crippen molar-refractivity contribution >= 4 is 23.4 Å². The topological polar surface area (TPSA) is 73.9 Å². The molecule has 5 rings (SSSR count). The minimum Gasteiger partial charge on any atom is -0.459 e. The van der Waals surface area contributed by atoms with E-state index in [2.05, 4.69) is 5.32 Å². The summed E-state index contributed by atoms with van der Waals surface area (Å²) in [5.74, 6) is 0.353. The maximum Gasteiger partial charge on any atom is 0.337 e. The van der Waals surface area contributed by atoms with Gasteiger partial charge in [0.2, 0.25) is 6.79 Å². The van der Waals surface area contributed by atoms with E-state index < -0.39 is 11.9 Å². The minimum absolute atomic E-state index is 0.0164. The second kappa shape index (κ2) is 9.42. The van der Waals surface area contributed by atoms with Gasteiger partial charge in [-0.1, -0.05) is 36.7 Å². The highest BCUT2D eigenvalue weighted by Gasteiger charge is 2.42. The first-order valence-electron chi connectivity index (χ1n) is 12.0. The van der Waals surface area contributed by atoms with Gasteiger partial charge in [-0.2, -0.15) is 0 Å². The van der Waals surface area contributed by atoms with Crippen LogP contribution in [0.5, 0.6) is 11.5 Å². The monoisotopic (exact) mass is 493 g/mol. The molecule has 3 atom stereocenters. The Morgan fingerprint density at radius 2 is 1.83 bits per heavy atom. The highest BCUT2D eigenvalue weighted by molar-refractivity contribution is 6.30. The van der Waals surface area contributed by atoms with E-state index in [1.807, 2.05) is 63.2 Å². The third-order valence-electron chi connectivity index (χ3n) is 7.00. The van der Waals surface area contributed by atoms with Crippen LogP contribution in [0.2, 0.25) is 5.02 Å². The van der Waals surface area contributed by atoms with E-state index in [1.165, 1.54) is 0 Å². The Kier molecular flexibility index (Phi) is 6.32. The lowest BCUT2D eigenvalue weighted by Gasteiger charge is -2.37. The van der Waals surface area contributed by atoms with Gasteiger partial charge in [0.15, 0.2) is 17.3 Å². The van der Waals surface area contributed by atoms with E-state index in [0.29, 0.717) is 52.6 Å². The first kappa shape index (κ1) is 23.5. The Morgan fingerprint density at radius 3 is 2.57 bits per heavy atom. The number of fused-ring (bicyclic) bond motifs is 1. The molecule has 0 fully saturated rings. The number of rotatable bonds is 5. The van der Waals surface area contributed by atoms with Crippen LogP contribution in [0.15, 0.2) is 65.0 Å². The molecule has 0 saturated carbocycles. The molecule has 0 radical (unpaired) electrons. The molecule has 2 aromatic rings. The summed E-state index contributed by atoms with van der Waals surface area (Å²) in [4.78, 5) is 27.1. The lowest BCUT2D eigenvalue weighted by molar-refractivity contribution is -0.144. The van der Waals surface area contributed by atoms with Gasteiger partial charge in [-0.05, 0) is 68.0 Å². The third kappa shape index (κ3) is 4.43. The maximum absolute atomic E-state index is 13.7. The Labute approximate surface area is 209 Å². The Hall–Kier alpha value is -3.25. The molecule has 3 aliphatic rings. The lowest BCUT2D eigenvalue weighted by Crippen LogP contribution is -2.36. The number of ether oxygens (including phenoxy) is 3. The average Bonchev–Trinajstić information content (AvgIpc) is 3.31. The van der Waals surface area contributed by atoms with Crippen molar-refractivity contribution in [2.45, 2.75) is 58.0 Å². The number of halogens is 1.